The van der Waals surface area contributed by atoms with Crippen LogP contribution in [0.4, 0.5) is 0 Å². The molecule has 0 bridgehead atoms. The Morgan fingerprint density at radius 1 is 1.32 bits per heavy atom. The van der Waals surface area contributed by atoms with Crippen LogP contribution in [0.2, 0.25) is 0 Å². The molecule has 2 saturated heterocycles. The lowest BCUT2D eigenvalue weighted by Gasteiger charge is -2.42. The van der Waals surface area contributed by atoms with Gasteiger partial charge in [0.2, 0.25) is 5.91 Å². The van der Waals surface area contributed by atoms with E-state index >= 15 is 0 Å². The highest BCUT2D eigenvalue weighted by atomic mass is 16.5. The number of piperidine rings is 1. The zero-order chi connectivity index (χ0) is 16.1. The van der Waals surface area contributed by atoms with Crippen LogP contribution >= 0.6 is 0 Å². The second-order valence-corrected chi connectivity index (χ2v) is 7.06. The summed E-state index contributed by atoms with van der Waals surface area (Å²) in [6.45, 7) is 10.7. The first-order valence-corrected chi connectivity index (χ1v) is 8.31. The van der Waals surface area contributed by atoms with Crippen LogP contribution < -0.4 is 10.6 Å². The van der Waals surface area contributed by atoms with Gasteiger partial charge in [0, 0.05) is 32.3 Å². The standard InChI is InChI=1S/C16H31N3O3/c1-15(2,19-8-10-22-11-9-19)12-18-14(20)16(13-21-3)4-6-17-7-5-16/h17H,4-13H2,1-3H3,(H,18,20). The van der Waals surface area contributed by atoms with Gasteiger partial charge >= 0.3 is 0 Å². The summed E-state index contributed by atoms with van der Waals surface area (Å²) in [5.41, 5.74) is -0.429. The average molecular weight is 313 g/mol. The maximum Gasteiger partial charge on any atom is 0.228 e. The first-order chi connectivity index (χ1) is 10.5. The van der Waals surface area contributed by atoms with Crippen LogP contribution in [0.1, 0.15) is 26.7 Å². The van der Waals surface area contributed by atoms with E-state index in [0.717, 1.165) is 52.2 Å². The van der Waals surface area contributed by atoms with Crippen molar-refractivity contribution in [3.05, 3.63) is 0 Å². The Kier molecular flexibility index (Phi) is 6.20. The maximum absolute atomic E-state index is 12.8. The minimum atomic E-state index is -0.374. The molecule has 2 rings (SSSR count). The molecule has 0 atom stereocenters. The first kappa shape index (κ1) is 17.7. The van der Waals surface area contributed by atoms with Crippen LogP contribution in [0.15, 0.2) is 0 Å². The van der Waals surface area contributed by atoms with Crippen molar-refractivity contribution in [2.45, 2.75) is 32.2 Å². The van der Waals surface area contributed by atoms with E-state index in [4.69, 9.17) is 9.47 Å². The van der Waals surface area contributed by atoms with Gasteiger partial charge in [0.25, 0.3) is 0 Å². The van der Waals surface area contributed by atoms with Crippen molar-refractivity contribution in [1.29, 1.82) is 0 Å². The fourth-order valence-corrected chi connectivity index (χ4v) is 3.38. The molecule has 2 heterocycles. The molecule has 0 aliphatic carbocycles. The second-order valence-electron chi connectivity index (χ2n) is 7.06. The summed E-state index contributed by atoms with van der Waals surface area (Å²) in [5, 5.41) is 6.51. The second kappa shape index (κ2) is 7.73. The number of methoxy groups -OCH3 is 1. The van der Waals surface area contributed by atoms with Crippen LogP contribution in [-0.2, 0) is 14.3 Å². The van der Waals surface area contributed by atoms with Gasteiger partial charge in [-0.15, -0.1) is 0 Å². The Bertz CT molecular complexity index is 356. The van der Waals surface area contributed by atoms with Crippen LogP contribution in [0.3, 0.4) is 0 Å². The smallest absolute Gasteiger partial charge is 0.228 e. The highest BCUT2D eigenvalue weighted by Crippen LogP contribution is 2.29. The SMILES string of the molecule is COCC1(C(=O)NCC(C)(C)N2CCOCC2)CCNCC1. The van der Waals surface area contributed by atoms with Gasteiger partial charge in [0.1, 0.15) is 0 Å². The summed E-state index contributed by atoms with van der Waals surface area (Å²) in [4.78, 5) is 15.2. The first-order valence-electron chi connectivity index (χ1n) is 8.31. The predicted molar refractivity (Wildman–Crippen MR) is 85.9 cm³/mol. The normalized spacial score (nSPS) is 23.2. The molecule has 22 heavy (non-hydrogen) atoms. The van der Waals surface area contributed by atoms with Gasteiger partial charge in [-0.3, -0.25) is 9.69 Å². The van der Waals surface area contributed by atoms with Crippen molar-refractivity contribution in [2.75, 3.05) is 59.7 Å². The van der Waals surface area contributed by atoms with Crippen molar-refractivity contribution in [1.82, 2.24) is 15.5 Å². The third-order valence-corrected chi connectivity index (χ3v) is 5.01. The topological polar surface area (TPSA) is 62.8 Å². The third kappa shape index (κ3) is 4.19. The Balaban J connectivity index is 1.91. The molecule has 6 heteroatoms. The number of nitrogens with zero attached hydrogens (tertiary/aromatic N) is 1. The summed E-state index contributed by atoms with van der Waals surface area (Å²) in [5.74, 6) is 0.136. The molecule has 2 aliphatic rings. The highest BCUT2D eigenvalue weighted by Gasteiger charge is 2.40. The molecule has 2 fully saturated rings. The Morgan fingerprint density at radius 3 is 2.55 bits per heavy atom. The van der Waals surface area contributed by atoms with E-state index in [1.807, 2.05) is 0 Å². The Hall–Kier alpha value is -0.690. The van der Waals surface area contributed by atoms with Crippen molar-refractivity contribution in [2.24, 2.45) is 5.41 Å². The molecule has 0 aromatic carbocycles. The van der Waals surface area contributed by atoms with E-state index in [1.165, 1.54) is 0 Å². The molecule has 0 radical (unpaired) electrons. The van der Waals surface area contributed by atoms with Gasteiger partial charge in [0.05, 0.1) is 25.2 Å². The van der Waals surface area contributed by atoms with Crippen LogP contribution in [-0.4, -0.2) is 76.0 Å². The molecule has 2 aliphatic heterocycles. The molecule has 128 valence electrons. The number of ether oxygens (including phenoxy) is 2. The molecule has 1 amide bonds. The number of carbonyl (C=O) groups excluding carboxylic acids is 1. The van der Waals surface area contributed by atoms with Crippen LogP contribution in [0, 0.1) is 5.41 Å². The van der Waals surface area contributed by atoms with Crippen molar-refractivity contribution < 1.29 is 14.3 Å². The van der Waals surface area contributed by atoms with Gasteiger partial charge in [-0.2, -0.15) is 0 Å². The Morgan fingerprint density at radius 2 is 1.95 bits per heavy atom. The minimum Gasteiger partial charge on any atom is -0.384 e. The number of rotatable bonds is 6. The fourth-order valence-electron chi connectivity index (χ4n) is 3.38. The molecule has 0 spiro atoms. The third-order valence-electron chi connectivity index (χ3n) is 5.01. The monoisotopic (exact) mass is 313 g/mol. The molecule has 0 unspecified atom stereocenters. The van der Waals surface area contributed by atoms with E-state index in [-0.39, 0.29) is 16.9 Å². The summed E-state index contributed by atoms with van der Waals surface area (Å²) >= 11 is 0. The quantitative estimate of drug-likeness (QED) is 0.735. The number of hydrogen-bond acceptors (Lipinski definition) is 5. The van der Waals surface area contributed by atoms with Gasteiger partial charge in [-0.05, 0) is 39.8 Å². The van der Waals surface area contributed by atoms with Crippen molar-refractivity contribution >= 4 is 5.91 Å². The number of morpholine rings is 1. The van der Waals surface area contributed by atoms with E-state index in [9.17, 15) is 4.79 Å². The summed E-state index contributed by atoms with van der Waals surface area (Å²) in [6, 6.07) is 0. The largest absolute Gasteiger partial charge is 0.384 e. The molecule has 0 saturated carbocycles. The molecular formula is C16H31N3O3. The highest BCUT2D eigenvalue weighted by molar-refractivity contribution is 5.83. The van der Waals surface area contributed by atoms with E-state index in [0.29, 0.717) is 13.2 Å². The van der Waals surface area contributed by atoms with Crippen LogP contribution in [0.25, 0.3) is 0 Å². The predicted octanol–water partition coefficient (Wildman–Crippen LogP) is 0.230. The zero-order valence-corrected chi connectivity index (χ0v) is 14.2. The average Bonchev–Trinajstić information content (AvgIpc) is 2.54. The van der Waals surface area contributed by atoms with E-state index < -0.39 is 0 Å². The van der Waals surface area contributed by atoms with E-state index in [2.05, 4.69) is 29.4 Å². The van der Waals surface area contributed by atoms with Gasteiger partial charge in [0.15, 0.2) is 0 Å². The minimum absolute atomic E-state index is 0.0549. The van der Waals surface area contributed by atoms with Crippen molar-refractivity contribution in [3.8, 4) is 0 Å². The molecule has 6 nitrogen and oxygen atoms in total. The van der Waals surface area contributed by atoms with E-state index in [1.54, 1.807) is 7.11 Å². The number of carbonyl (C=O) groups is 1. The fraction of sp³-hybridized carbons (Fsp3) is 0.938. The lowest BCUT2D eigenvalue weighted by atomic mass is 9.78. The molecule has 0 aromatic heterocycles. The lowest BCUT2D eigenvalue weighted by molar-refractivity contribution is -0.137. The molecular weight excluding hydrogens is 282 g/mol. The van der Waals surface area contributed by atoms with Crippen LogP contribution in [0.5, 0.6) is 0 Å². The molecule has 0 aromatic rings. The number of amides is 1. The summed E-state index contributed by atoms with van der Waals surface area (Å²) < 4.78 is 10.7. The van der Waals surface area contributed by atoms with Gasteiger partial charge in [-0.25, -0.2) is 0 Å². The lowest BCUT2D eigenvalue weighted by Crippen LogP contribution is -2.58. The summed E-state index contributed by atoms with van der Waals surface area (Å²) in [7, 11) is 1.68. The van der Waals surface area contributed by atoms with Crippen molar-refractivity contribution in [3.63, 3.8) is 0 Å². The number of nitrogens with one attached hydrogen (secondary N) is 2. The maximum atomic E-state index is 12.8. The Labute approximate surface area is 133 Å². The summed E-state index contributed by atoms with van der Waals surface area (Å²) in [6.07, 6.45) is 1.68. The van der Waals surface area contributed by atoms with Gasteiger partial charge < -0.3 is 20.1 Å². The zero-order valence-electron chi connectivity index (χ0n) is 14.2. The molecule has 2 N–H and O–H groups in total. The van der Waals surface area contributed by atoms with Gasteiger partial charge in [-0.1, -0.05) is 0 Å². The number of hydrogen-bond donors (Lipinski definition) is 2.